The topological polar surface area (TPSA) is 44.8 Å². The standard InChI is InChI=1S/C33H36F4O4/c1-3-5-19-39-23-11-7-21(8-12-23)25-15-16-27(31(36)29(25)34)33(38)41-24-13-9-22(10-14-24)26-17-18-28(32(37)30(26)35)40-20-6-4-2/h7-8,11-12,15-18,22,24H,3-6,9-10,13-14,19-20H2,1-2H3. The van der Waals surface area contributed by atoms with E-state index in [9.17, 15) is 22.4 Å². The van der Waals surface area contributed by atoms with Gasteiger partial charge in [0.1, 0.15) is 11.9 Å². The predicted octanol–water partition coefficient (Wildman–Crippen LogP) is 9.15. The highest BCUT2D eigenvalue weighted by atomic mass is 19.2. The number of esters is 1. The van der Waals surface area contributed by atoms with Crippen LogP contribution < -0.4 is 9.47 Å². The van der Waals surface area contributed by atoms with Gasteiger partial charge in [-0.2, -0.15) is 4.39 Å². The Kier molecular flexibility index (Phi) is 10.7. The lowest BCUT2D eigenvalue weighted by atomic mass is 9.82. The molecule has 1 aliphatic rings. The van der Waals surface area contributed by atoms with E-state index in [1.165, 1.54) is 18.2 Å². The molecule has 4 rings (SSSR count). The summed E-state index contributed by atoms with van der Waals surface area (Å²) in [5.74, 6) is -5.00. The highest BCUT2D eigenvalue weighted by Gasteiger charge is 2.30. The summed E-state index contributed by atoms with van der Waals surface area (Å²) < 4.78 is 75.7. The maximum atomic E-state index is 15.0. The Balaban J connectivity index is 1.35. The van der Waals surface area contributed by atoms with Crippen molar-refractivity contribution in [3.8, 4) is 22.6 Å². The van der Waals surface area contributed by atoms with Crippen molar-refractivity contribution in [1.82, 2.24) is 0 Å². The molecule has 0 N–H and O–H groups in total. The SMILES string of the molecule is CCCCOc1ccc(-c2ccc(C(=O)OC3CCC(c4ccc(OCCCC)c(F)c4F)CC3)c(F)c2F)cc1. The Hall–Kier alpha value is -3.55. The molecule has 220 valence electrons. The number of hydrogen-bond acceptors (Lipinski definition) is 4. The van der Waals surface area contributed by atoms with Crippen LogP contribution in [-0.2, 0) is 4.74 Å². The van der Waals surface area contributed by atoms with Crippen molar-refractivity contribution in [2.75, 3.05) is 13.2 Å². The molecule has 3 aromatic rings. The maximum Gasteiger partial charge on any atom is 0.341 e. The molecule has 0 radical (unpaired) electrons. The molecule has 3 aromatic carbocycles. The van der Waals surface area contributed by atoms with Crippen LogP contribution in [0.5, 0.6) is 11.5 Å². The van der Waals surface area contributed by atoms with Crippen LogP contribution >= 0.6 is 0 Å². The first-order chi connectivity index (χ1) is 19.8. The highest BCUT2D eigenvalue weighted by Crippen LogP contribution is 2.38. The van der Waals surface area contributed by atoms with E-state index in [0.717, 1.165) is 25.7 Å². The second kappa shape index (κ2) is 14.4. The number of ether oxygens (including phenoxy) is 3. The monoisotopic (exact) mass is 572 g/mol. The van der Waals surface area contributed by atoms with Crippen molar-refractivity contribution in [3.63, 3.8) is 0 Å². The van der Waals surface area contributed by atoms with Gasteiger partial charge in [0.25, 0.3) is 0 Å². The number of benzene rings is 3. The van der Waals surface area contributed by atoms with Gasteiger partial charge < -0.3 is 14.2 Å². The molecule has 0 spiro atoms. The van der Waals surface area contributed by atoms with Gasteiger partial charge in [0.2, 0.25) is 5.82 Å². The molecule has 0 atom stereocenters. The molecule has 4 nitrogen and oxygen atoms in total. The van der Waals surface area contributed by atoms with Crippen molar-refractivity contribution in [1.29, 1.82) is 0 Å². The van der Waals surface area contributed by atoms with E-state index in [1.807, 2.05) is 6.92 Å². The number of halogens is 4. The molecular weight excluding hydrogens is 536 g/mol. The van der Waals surface area contributed by atoms with E-state index < -0.39 is 40.9 Å². The zero-order valence-corrected chi connectivity index (χ0v) is 23.5. The van der Waals surface area contributed by atoms with Crippen molar-refractivity contribution in [2.24, 2.45) is 0 Å². The number of rotatable bonds is 12. The Labute approximate surface area is 238 Å². The molecule has 0 aliphatic heterocycles. The first kappa shape index (κ1) is 30.4. The molecular formula is C33H36F4O4. The van der Waals surface area contributed by atoms with E-state index in [2.05, 4.69) is 6.92 Å². The molecule has 1 aliphatic carbocycles. The van der Waals surface area contributed by atoms with Gasteiger partial charge in [-0.15, -0.1) is 0 Å². The summed E-state index contributed by atoms with van der Waals surface area (Å²) in [6, 6.07) is 12.2. The van der Waals surface area contributed by atoms with Crippen LogP contribution in [0, 0.1) is 23.3 Å². The lowest BCUT2D eigenvalue weighted by molar-refractivity contribution is 0.0188. The largest absolute Gasteiger partial charge is 0.494 e. The van der Waals surface area contributed by atoms with Crippen LogP contribution in [0.2, 0.25) is 0 Å². The van der Waals surface area contributed by atoms with Crippen molar-refractivity contribution >= 4 is 5.97 Å². The molecule has 41 heavy (non-hydrogen) atoms. The van der Waals surface area contributed by atoms with E-state index in [-0.39, 0.29) is 22.8 Å². The average molecular weight is 573 g/mol. The normalized spacial score (nSPS) is 16.8. The minimum atomic E-state index is -1.27. The number of carbonyl (C=O) groups excluding carboxylic acids is 1. The summed E-state index contributed by atoms with van der Waals surface area (Å²) in [5.41, 5.74) is 0.251. The van der Waals surface area contributed by atoms with Crippen LogP contribution in [-0.4, -0.2) is 25.3 Å². The van der Waals surface area contributed by atoms with Crippen LogP contribution in [0.4, 0.5) is 17.6 Å². The van der Waals surface area contributed by atoms with Crippen LogP contribution in [0.3, 0.4) is 0 Å². The van der Waals surface area contributed by atoms with E-state index in [1.54, 1.807) is 30.3 Å². The zero-order chi connectivity index (χ0) is 29.4. The summed E-state index contributed by atoms with van der Waals surface area (Å²) in [6.07, 6.45) is 4.71. The Bertz CT molecular complexity index is 1320. The Morgan fingerprint density at radius 2 is 1.39 bits per heavy atom. The molecule has 0 bridgehead atoms. The molecule has 0 amide bonds. The minimum Gasteiger partial charge on any atom is -0.494 e. The van der Waals surface area contributed by atoms with Crippen LogP contribution in [0.15, 0.2) is 48.5 Å². The van der Waals surface area contributed by atoms with Crippen molar-refractivity contribution in [3.05, 3.63) is 82.9 Å². The fourth-order valence-electron chi connectivity index (χ4n) is 5.00. The Morgan fingerprint density at radius 1 is 0.732 bits per heavy atom. The van der Waals surface area contributed by atoms with Crippen molar-refractivity contribution < 1.29 is 36.6 Å². The number of carbonyl (C=O) groups is 1. The van der Waals surface area contributed by atoms with E-state index >= 15 is 0 Å². The summed E-state index contributed by atoms with van der Waals surface area (Å²) in [6.45, 7) is 4.94. The zero-order valence-electron chi connectivity index (χ0n) is 23.5. The van der Waals surface area contributed by atoms with Gasteiger partial charge in [0.05, 0.1) is 18.8 Å². The third-order valence-corrected chi connectivity index (χ3v) is 7.45. The fraction of sp³-hybridized carbons (Fsp3) is 0.424. The molecule has 1 saturated carbocycles. The van der Waals surface area contributed by atoms with Gasteiger partial charge in [0, 0.05) is 5.56 Å². The van der Waals surface area contributed by atoms with Gasteiger partial charge in [-0.25, -0.2) is 18.0 Å². The predicted molar refractivity (Wildman–Crippen MR) is 149 cm³/mol. The van der Waals surface area contributed by atoms with Gasteiger partial charge in [-0.1, -0.05) is 51.0 Å². The smallest absolute Gasteiger partial charge is 0.341 e. The van der Waals surface area contributed by atoms with Gasteiger partial charge in [-0.3, -0.25) is 0 Å². The first-order valence-electron chi connectivity index (χ1n) is 14.4. The number of hydrogen-bond donors (Lipinski definition) is 0. The van der Waals surface area contributed by atoms with Crippen LogP contribution in [0.1, 0.15) is 87.1 Å². The fourth-order valence-corrected chi connectivity index (χ4v) is 5.00. The van der Waals surface area contributed by atoms with Crippen LogP contribution in [0.25, 0.3) is 11.1 Å². The summed E-state index contributed by atoms with van der Waals surface area (Å²) in [4.78, 5) is 12.7. The Morgan fingerprint density at radius 3 is 2.05 bits per heavy atom. The number of unbranched alkanes of at least 4 members (excludes halogenated alkanes) is 2. The third kappa shape index (κ3) is 7.40. The summed E-state index contributed by atoms with van der Waals surface area (Å²) in [5, 5.41) is 0. The van der Waals surface area contributed by atoms with E-state index in [0.29, 0.717) is 50.2 Å². The van der Waals surface area contributed by atoms with Crippen molar-refractivity contribution in [2.45, 2.75) is 77.2 Å². The summed E-state index contributed by atoms with van der Waals surface area (Å²) >= 11 is 0. The maximum absolute atomic E-state index is 15.0. The average Bonchev–Trinajstić information content (AvgIpc) is 2.98. The molecule has 8 heteroatoms. The van der Waals surface area contributed by atoms with Gasteiger partial charge in [-0.05, 0) is 79.8 Å². The highest BCUT2D eigenvalue weighted by molar-refractivity contribution is 5.90. The quantitative estimate of drug-likeness (QED) is 0.123. The molecule has 0 unspecified atom stereocenters. The van der Waals surface area contributed by atoms with Gasteiger partial charge in [0.15, 0.2) is 23.2 Å². The summed E-state index contributed by atoms with van der Waals surface area (Å²) in [7, 11) is 0. The second-order valence-corrected chi connectivity index (χ2v) is 10.4. The second-order valence-electron chi connectivity index (χ2n) is 10.4. The minimum absolute atomic E-state index is 0.0238. The molecule has 1 fully saturated rings. The molecule has 0 heterocycles. The molecule has 0 aromatic heterocycles. The first-order valence-corrected chi connectivity index (χ1v) is 14.4. The third-order valence-electron chi connectivity index (χ3n) is 7.45. The van der Waals surface area contributed by atoms with Gasteiger partial charge >= 0.3 is 5.97 Å². The lowest BCUT2D eigenvalue weighted by Crippen LogP contribution is -2.25. The lowest BCUT2D eigenvalue weighted by Gasteiger charge is -2.29. The molecule has 0 saturated heterocycles. The van der Waals surface area contributed by atoms with E-state index in [4.69, 9.17) is 14.2 Å².